The monoisotopic (exact) mass is 265 g/mol. The average Bonchev–Trinajstić information content (AvgIpc) is 2.58. The number of alkyl halides is 1. The van der Waals surface area contributed by atoms with Crippen LogP contribution in [0, 0.1) is 5.92 Å². The van der Waals surface area contributed by atoms with Crippen molar-refractivity contribution in [2.45, 2.75) is 32.9 Å². The molecule has 1 N–H and O–H groups in total. The van der Waals surface area contributed by atoms with Crippen LogP contribution < -0.4 is 5.32 Å². The van der Waals surface area contributed by atoms with Crippen LogP contribution in [0.3, 0.4) is 0 Å². The summed E-state index contributed by atoms with van der Waals surface area (Å²) >= 11 is 13.3. The zero-order valence-corrected chi connectivity index (χ0v) is 11.4. The smallest absolute Gasteiger partial charge is 0.0931 e. The minimum absolute atomic E-state index is 0.489. The Morgan fingerprint density at radius 2 is 2.13 bits per heavy atom. The molecule has 86 valence electrons. The van der Waals surface area contributed by atoms with Crippen molar-refractivity contribution in [3.05, 3.63) is 21.3 Å². The quantitative estimate of drug-likeness (QED) is 0.763. The van der Waals surface area contributed by atoms with Crippen molar-refractivity contribution >= 4 is 34.5 Å². The second kappa shape index (κ2) is 6.74. The van der Waals surface area contributed by atoms with Crippen LogP contribution in [0.1, 0.15) is 25.1 Å². The Labute approximate surface area is 106 Å². The van der Waals surface area contributed by atoms with Crippen molar-refractivity contribution in [1.82, 2.24) is 5.32 Å². The van der Waals surface area contributed by atoms with Gasteiger partial charge in [-0.3, -0.25) is 0 Å². The minimum Gasteiger partial charge on any atom is -0.309 e. The van der Waals surface area contributed by atoms with Gasteiger partial charge in [0.25, 0.3) is 0 Å². The molecule has 0 saturated heterocycles. The van der Waals surface area contributed by atoms with E-state index >= 15 is 0 Å². The summed E-state index contributed by atoms with van der Waals surface area (Å²) in [6.07, 6.45) is 1.01. The highest BCUT2D eigenvalue weighted by Gasteiger charge is 2.12. The molecule has 0 bridgehead atoms. The zero-order chi connectivity index (χ0) is 11.3. The summed E-state index contributed by atoms with van der Waals surface area (Å²) in [6, 6.07) is 4.50. The highest BCUT2D eigenvalue weighted by atomic mass is 35.5. The van der Waals surface area contributed by atoms with Crippen LogP contribution in [0.2, 0.25) is 4.34 Å². The molecule has 4 heteroatoms. The Bertz CT molecular complexity index is 286. The van der Waals surface area contributed by atoms with E-state index in [-0.39, 0.29) is 0 Å². The first kappa shape index (κ1) is 13.3. The fourth-order valence-corrected chi connectivity index (χ4v) is 2.74. The van der Waals surface area contributed by atoms with Gasteiger partial charge in [-0.25, -0.2) is 0 Å². The largest absolute Gasteiger partial charge is 0.309 e. The molecule has 1 atom stereocenters. The van der Waals surface area contributed by atoms with Gasteiger partial charge in [0.2, 0.25) is 0 Å². The Morgan fingerprint density at radius 1 is 1.40 bits per heavy atom. The third-order valence-electron chi connectivity index (χ3n) is 2.39. The number of nitrogens with one attached hydrogen (secondary N) is 1. The molecule has 1 aromatic rings. The summed E-state index contributed by atoms with van der Waals surface area (Å²) in [4.78, 5) is 1.28. The van der Waals surface area contributed by atoms with Gasteiger partial charge in [-0.1, -0.05) is 25.4 Å². The third kappa shape index (κ3) is 4.73. The van der Waals surface area contributed by atoms with Crippen molar-refractivity contribution in [3.8, 4) is 0 Å². The van der Waals surface area contributed by atoms with Crippen LogP contribution in [-0.4, -0.2) is 11.9 Å². The fourth-order valence-electron chi connectivity index (χ4n) is 1.47. The van der Waals surface area contributed by atoms with Gasteiger partial charge < -0.3 is 5.32 Å². The fraction of sp³-hybridized carbons (Fsp3) is 0.636. The Hall–Kier alpha value is 0.240. The maximum Gasteiger partial charge on any atom is 0.0931 e. The Kier molecular flexibility index (Phi) is 5.98. The van der Waals surface area contributed by atoms with Gasteiger partial charge >= 0.3 is 0 Å². The molecule has 0 aliphatic heterocycles. The SMILES string of the molecule is CC(C)C(CCCl)NCc1ccc(Cl)s1. The number of hydrogen-bond donors (Lipinski definition) is 1. The Morgan fingerprint density at radius 3 is 2.60 bits per heavy atom. The second-order valence-corrected chi connectivity index (χ2v) is 6.09. The molecule has 0 fully saturated rings. The molecule has 15 heavy (non-hydrogen) atoms. The number of hydrogen-bond acceptors (Lipinski definition) is 2. The first-order chi connectivity index (χ1) is 7.13. The Balaban J connectivity index is 2.39. The molecule has 0 radical (unpaired) electrons. The molecule has 0 aromatic carbocycles. The second-order valence-electron chi connectivity index (χ2n) is 3.91. The molecular weight excluding hydrogens is 249 g/mol. The van der Waals surface area contributed by atoms with E-state index in [9.17, 15) is 0 Å². The molecule has 0 amide bonds. The van der Waals surface area contributed by atoms with Gasteiger partial charge in [-0.2, -0.15) is 0 Å². The summed E-state index contributed by atoms with van der Waals surface area (Å²) in [7, 11) is 0. The highest BCUT2D eigenvalue weighted by molar-refractivity contribution is 7.16. The van der Waals surface area contributed by atoms with Gasteiger partial charge in [-0.15, -0.1) is 22.9 Å². The molecule has 0 aliphatic rings. The predicted octanol–water partition coefficient (Wildman–Crippen LogP) is 4.14. The van der Waals surface area contributed by atoms with E-state index in [1.165, 1.54) is 4.88 Å². The molecule has 0 saturated carbocycles. The molecule has 1 nitrogen and oxygen atoms in total. The maximum atomic E-state index is 5.87. The van der Waals surface area contributed by atoms with Crippen LogP contribution in [0.5, 0.6) is 0 Å². The maximum absolute atomic E-state index is 5.87. The van der Waals surface area contributed by atoms with E-state index in [1.807, 2.05) is 6.07 Å². The van der Waals surface area contributed by atoms with Crippen molar-refractivity contribution in [1.29, 1.82) is 0 Å². The van der Waals surface area contributed by atoms with Gasteiger partial charge in [0.1, 0.15) is 0 Å². The molecule has 0 spiro atoms. The van der Waals surface area contributed by atoms with Crippen molar-refractivity contribution < 1.29 is 0 Å². The standard InChI is InChI=1S/C11H17Cl2NS/c1-8(2)10(5-6-12)14-7-9-3-4-11(13)15-9/h3-4,8,10,14H,5-7H2,1-2H3. The normalized spacial score (nSPS) is 13.4. The van der Waals surface area contributed by atoms with Gasteiger partial charge in [-0.05, 0) is 24.5 Å². The van der Waals surface area contributed by atoms with E-state index in [4.69, 9.17) is 23.2 Å². The molecule has 1 aromatic heterocycles. The number of halogens is 2. The van der Waals surface area contributed by atoms with E-state index in [2.05, 4.69) is 25.2 Å². The molecule has 1 unspecified atom stereocenters. The van der Waals surface area contributed by atoms with Crippen molar-refractivity contribution in [2.75, 3.05) is 5.88 Å². The number of thiophene rings is 1. The molecular formula is C11H17Cl2NS. The molecule has 0 aliphatic carbocycles. The van der Waals surface area contributed by atoms with Gasteiger partial charge in [0.15, 0.2) is 0 Å². The van der Waals surface area contributed by atoms with Crippen molar-refractivity contribution in [3.63, 3.8) is 0 Å². The number of rotatable bonds is 6. The zero-order valence-electron chi connectivity index (χ0n) is 9.09. The van der Waals surface area contributed by atoms with E-state index in [1.54, 1.807) is 11.3 Å². The molecule has 1 rings (SSSR count). The van der Waals surface area contributed by atoms with Crippen LogP contribution >= 0.6 is 34.5 Å². The van der Waals surface area contributed by atoms with Gasteiger partial charge in [0.05, 0.1) is 4.34 Å². The minimum atomic E-state index is 0.489. The van der Waals surface area contributed by atoms with Crippen molar-refractivity contribution in [2.24, 2.45) is 5.92 Å². The summed E-state index contributed by atoms with van der Waals surface area (Å²) in [5.74, 6) is 1.32. The van der Waals surface area contributed by atoms with E-state index in [0.29, 0.717) is 17.8 Å². The van der Waals surface area contributed by atoms with E-state index < -0.39 is 0 Å². The average molecular weight is 266 g/mol. The molecule has 1 heterocycles. The lowest BCUT2D eigenvalue weighted by Gasteiger charge is -2.21. The van der Waals surface area contributed by atoms with E-state index in [0.717, 1.165) is 17.3 Å². The lowest BCUT2D eigenvalue weighted by Crippen LogP contribution is -2.33. The summed E-state index contributed by atoms with van der Waals surface area (Å²) in [6.45, 7) is 5.31. The summed E-state index contributed by atoms with van der Waals surface area (Å²) in [5, 5.41) is 3.52. The highest BCUT2D eigenvalue weighted by Crippen LogP contribution is 2.21. The first-order valence-electron chi connectivity index (χ1n) is 5.17. The topological polar surface area (TPSA) is 12.0 Å². The first-order valence-corrected chi connectivity index (χ1v) is 6.90. The lowest BCUT2D eigenvalue weighted by atomic mass is 10.0. The third-order valence-corrected chi connectivity index (χ3v) is 3.84. The summed E-state index contributed by atoms with van der Waals surface area (Å²) in [5.41, 5.74) is 0. The van der Waals surface area contributed by atoms with Crippen LogP contribution in [0.15, 0.2) is 12.1 Å². The predicted molar refractivity (Wildman–Crippen MR) is 70.1 cm³/mol. The van der Waals surface area contributed by atoms with Gasteiger partial charge in [0, 0.05) is 23.3 Å². The van der Waals surface area contributed by atoms with Crippen LogP contribution in [-0.2, 0) is 6.54 Å². The van der Waals surface area contributed by atoms with Crippen LogP contribution in [0.4, 0.5) is 0 Å². The summed E-state index contributed by atoms with van der Waals surface area (Å²) < 4.78 is 0.852. The lowest BCUT2D eigenvalue weighted by molar-refractivity contribution is 0.390. The van der Waals surface area contributed by atoms with Crippen LogP contribution in [0.25, 0.3) is 0 Å².